The Morgan fingerprint density at radius 1 is 1.13 bits per heavy atom. The van der Waals surface area contributed by atoms with E-state index in [2.05, 4.69) is 0 Å². The fourth-order valence-electron chi connectivity index (χ4n) is 1.99. The van der Waals surface area contributed by atoms with Gasteiger partial charge in [-0.25, -0.2) is 4.79 Å². The van der Waals surface area contributed by atoms with Gasteiger partial charge in [0.15, 0.2) is 17.8 Å². The van der Waals surface area contributed by atoms with Crippen LogP contribution in [0, 0.1) is 5.92 Å². The van der Waals surface area contributed by atoms with Gasteiger partial charge in [0.25, 0.3) is 0 Å². The Morgan fingerprint density at radius 3 is 2.22 bits per heavy atom. The number of esters is 1. The zero-order valence-corrected chi connectivity index (χ0v) is 13.5. The van der Waals surface area contributed by atoms with Crippen LogP contribution >= 0.6 is 0 Å². The molecule has 0 heterocycles. The minimum atomic E-state index is -1.58. The van der Waals surface area contributed by atoms with Crippen molar-refractivity contribution in [2.24, 2.45) is 5.92 Å². The molecule has 0 fully saturated rings. The zero-order chi connectivity index (χ0) is 17.4. The van der Waals surface area contributed by atoms with E-state index in [1.54, 1.807) is 32.0 Å². The average molecular weight is 322 g/mol. The van der Waals surface area contributed by atoms with E-state index in [0.29, 0.717) is 6.42 Å². The van der Waals surface area contributed by atoms with Gasteiger partial charge in [0.2, 0.25) is 0 Å². The molecule has 0 aliphatic carbocycles. The van der Waals surface area contributed by atoms with E-state index in [0.717, 1.165) is 0 Å². The highest BCUT2D eigenvalue weighted by Gasteiger charge is 2.42. The SMILES string of the molecule is CCOC(C(=O)O)C(C(=O)OC(C)CC)C(=O)c1ccccc1. The van der Waals surface area contributed by atoms with E-state index in [-0.39, 0.29) is 12.2 Å². The summed E-state index contributed by atoms with van der Waals surface area (Å²) in [5.74, 6) is -4.42. The van der Waals surface area contributed by atoms with Crippen LogP contribution in [0.1, 0.15) is 37.6 Å². The van der Waals surface area contributed by atoms with E-state index in [9.17, 15) is 19.5 Å². The number of carboxylic acids is 1. The van der Waals surface area contributed by atoms with Crippen molar-refractivity contribution in [3.05, 3.63) is 35.9 Å². The van der Waals surface area contributed by atoms with Crippen molar-refractivity contribution < 1.29 is 29.0 Å². The van der Waals surface area contributed by atoms with Gasteiger partial charge in [-0.3, -0.25) is 9.59 Å². The van der Waals surface area contributed by atoms with Crippen LogP contribution in [0.15, 0.2) is 30.3 Å². The second-order valence-electron chi connectivity index (χ2n) is 5.08. The molecule has 23 heavy (non-hydrogen) atoms. The maximum atomic E-state index is 12.6. The molecule has 1 aromatic rings. The molecule has 3 unspecified atom stereocenters. The highest BCUT2D eigenvalue weighted by atomic mass is 16.6. The highest BCUT2D eigenvalue weighted by molar-refractivity contribution is 6.11. The van der Waals surface area contributed by atoms with Gasteiger partial charge in [0, 0.05) is 12.2 Å². The number of Topliss-reactive ketones (excluding diaryl/α,β-unsaturated/α-hetero) is 1. The van der Waals surface area contributed by atoms with E-state index in [4.69, 9.17) is 9.47 Å². The third kappa shape index (κ3) is 5.17. The van der Waals surface area contributed by atoms with Crippen LogP contribution in [0.5, 0.6) is 0 Å². The second kappa shape index (κ2) is 9.05. The summed E-state index contributed by atoms with van der Waals surface area (Å²) >= 11 is 0. The lowest BCUT2D eigenvalue weighted by atomic mass is 9.92. The first-order valence-electron chi connectivity index (χ1n) is 7.56. The van der Waals surface area contributed by atoms with Crippen LogP contribution in [-0.4, -0.2) is 41.6 Å². The standard InChI is InChI=1S/C17H22O6/c1-4-11(3)23-17(21)13(15(16(19)20)22-5-2)14(18)12-9-7-6-8-10-12/h6-11,13,15H,4-5H2,1-3H3,(H,19,20). The summed E-state index contributed by atoms with van der Waals surface area (Å²) in [5.41, 5.74) is 0.240. The van der Waals surface area contributed by atoms with Crippen molar-refractivity contribution in [1.29, 1.82) is 0 Å². The molecule has 1 rings (SSSR count). The van der Waals surface area contributed by atoms with Gasteiger partial charge in [-0.1, -0.05) is 37.3 Å². The fraction of sp³-hybridized carbons (Fsp3) is 0.471. The van der Waals surface area contributed by atoms with Crippen molar-refractivity contribution in [3.8, 4) is 0 Å². The number of ketones is 1. The number of carbonyl (C=O) groups is 3. The Bertz CT molecular complexity index is 539. The first-order chi connectivity index (χ1) is 10.9. The Hall–Kier alpha value is -2.21. The molecule has 0 spiro atoms. The Kier molecular flexibility index (Phi) is 7.41. The molecule has 6 heteroatoms. The molecule has 1 N–H and O–H groups in total. The number of carbonyl (C=O) groups excluding carboxylic acids is 2. The van der Waals surface area contributed by atoms with Crippen LogP contribution in [-0.2, 0) is 19.1 Å². The lowest BCUT2D eigenvalue weighted by molar-refractivity contribution is -0.166. The van der Waals surface area contributed by atoms with Crippen molar-refractivity contribution in [2.75, 3.05) is 6.61 Å². The predicted octanol–water partition coefficient (Wildman–Crippen LogP) is 2.32. The van der Waals surface area contributed by atoms with Crippen LogP contribution in [0.3, 0.4) is 0 Å². The number of rotatable bonds is 9. The number of carboxylic acid groups (broad SMARTS) is 1. The van der Waals surface area contributed by atoms with Gasteiger partial charge < -0.3 is 14.6 Å². The predicted molar refractivity (Wildman–Crippen MR) is 83.2 cm³/mol. The summed E-state index contributed by atoms with van der Waals surface area (Å²) in [4.78, 5) is 36.4. The van der Waals surface area contributed by atoms with Crippen molar-refractivity contribution >= 4 is 17.7 Å². The molecule has 126 valence electrons. The molecular weight excluding hydrogens is 300 g/mol. The smallest absolute Gasteiger partial charge is 0.334 e. The molecule has 6 nitrogen and oxygen atoms in total. The average Bonchev–Trinajstić information content (AvgIpc) is 2.54. The Morgan fingerprint density at radius 2 is 1.74 bits per heavy atom. The summed E-state index contributed by atoms with van der Waals surface area (Å²) in [6.07, 6.45) is -1.43. The molecule has 0 bridgehead atoms. The second-order valence-corrected chi connectivity index (χ2v) is 5.08. The molecule has 0 aliphatic heterocycles. The topological polar surface area (TPSA) is 89.9 Å². The zero-order valence-electron chi connectivity index (χ0n) is 13.5. The number of benzene rings is 1. The molecule has 3 atom stereocenters. The minimum Gasteiger partial charge on any atom is -0.479 e. The first-order valence-corrected chi connectivity index (χ1v) is 7.56. The largest absolute Gasteiger partial charge is 0.479 e. The summed E-state index contributed by atoms with van der Waals surface area (Å²) in [6.45, 7) is 5.16. The van der Waals surface area contributed by atoms with Crippen molar-refractivity contribution in [3.63, 3.8) is 0 Å². The van der Waals surface area contributed by atoms with E-state index in [1.165, 1.54) is 12.1 Å². The number of hydrogen-bond donors (Lipinski definition) is 1. The van der Waals surface area contributed by atoms with Gasteiger partial charge in [-0.05, 0) is 20.3 Å². The molecule has 0 radical (unpaired) electrons. The summed E-state index contributed by atoms with van der Waals surface area (Å²) in [5, 5.41) is 9.33. The van der Waals surface area contributed by atoms with Gasteiger partial charge in [-0.15, -0.1) is 0 Å². The third-order valence-electron chi connectivity index (χ3n) is 3.38. The Labute approximate surface area is 135 Å². The monoisotopic (exact) mass is 322 g/mol. The molecule has 0 amide bonds. The highest BCUT2D eigenvalue weighted by Crippen LogP contribution is 2.19. The van der Waals surface area contributed by atoms with Crippen LogP contribution in [0.4, 0.5) is 0 Å². The van der Waals surface area contributed by atoms with Crippen LogP contribution < -0.4 is 0 Å². The molecule has 0 aliphatic rings. The maximum Gasteiger partial charge on any atom is 0.334 e. The molecular formula is C17H22O6. The number of aliphatic carboxylic acids is 1. The molecule has 1 aromatic carbocycles. The summed E-state index contributed by atoms with van der Waals surface area (Å²) in [6, 6.07) is 8.05. The number of ether oxygens (including phenoxy) is 2. The van der Waals surface area contributed by atoms with Gasteiger partial charge in [-0.2, -0.15) is 0 Å². The van der Waals surface area contributed by atoms with Crippen molar-refractivity contribution in [2.45, 2.75) is 39.4 Å². The summed E-state index contributed by atoms with van der Waals surface area (Å²) in [7, 11) is 0. The van der Waals surface area contributed by atoms with Crippen LogP contribution in [0.25, 0.3) is 0 Å². The Balaban J connectivity index is 3.16. The molecule has 0 aromatic heterocycles. The van der Waals surface area contributed by atoms with E-state index in [1.807, 2.05) is 6.92 Å². The normalized spacial score (nSPS) is 14.6. The quantitative estimate of drug-likeness (QED) is 0.426. The maximum absolute atomic E-state index is 12.6. The van der Waals surface area contributed by atoms with E-state index < -0.39 is 35.8 Å². The first kappa shape index (κ1) is 18.8. The van der Waals surface area contributed by atoms with Gasteiger partial charge in [0.05, 0.1) is 6.10 Å². The van der Waals surface area contributed by atoms with Crippen molar-refractivity contribution in [1.82, 2.24) is 0 Å². The summed E-state index contributed by atoms with van der Waals surface area (Å²) < 4.78 is 10.3. The molecule has 0 saturated carbocycles. The lowest BCUT2D eigenvalue weighted by Crippen LogP contribution is -2.43. The fourth-order valence-corrected chi connectivity index (χ4v) is 1.99. The van der Waals surface area contributed by atoms with Gasteiger partial charge >= 0.3 is 11.9 Å². The molecule has 0 saturated heterocycles. The van der Waals surface area contributed by atoms with E-state index >= 15 is 0 Å². The number of hydrogen-bond acceptors (Lipinski definition) is 5. The lowest BCUT2D eigenvalue weighted by Gasteiger charge is -2.23. The third-order valence-corrected chi connectivity index (χ3v) is 3.38. The van der Waals surface area contributed by atoms with Gasteiger partial charge in [0.1, 0.15) is 0 Å². The minimum absolute atomic E-state index is 0.0617. The van der Waals surface area contributed by atoms with Crippen LogP contribution in [0.2, 0.25) is 0 Å².